The Labute approximate surface area is 82.4 Å². The van der Waals surface area contributed by atoms with Crippen LogP contribution in [0.2, 0.25) is 0 Å². The lowest BCUT2D eigenvalue weighted by molar-refractivity contribution is 0.298. The van der Waals surface area contributed by atoms with Gasteiger partial charge in [0.1, 0.15) is 0 Å². The standard InChI is InChI=1S/C13H22/c1-3-7-12(8-4-1)11-13-9-5-2-6-10-13/h3,7,12-13H,1-2,4-6,8-11H2. The van der Waals surface area contributed by atoms with Crippen molar-refractivity contribution in [3.05, 3.63) is 12.2 Å². The number of hydrogen-bond donors (Lipinski definition) is 0. The molecule has 13 heavy (non-hydrogen) atoms. The monoisotopic (exact) mass is 178 g/mol. The minimum atomic E-state index is 0.942. The lowest BCUT2D eigenvalue weighted by atomic mass is 9.80. The lowest BCUT2D eigenvalue weighted by Crippen LogP contribution is -2.12. The van der Waals surface area contributed by atoms with Gasteiger partial charge in [-0.25, -0.2) is 0 Å². The zero-order valence-corrected chi connectivity index (χ0v) is 8.67. The second kappa shape index (κ2) is 4.83. The maximum atomic E-state index is 2.48. The van der Waals surface area contributed by atoms with E-state index in [2.05, 4.69) is 12.2 Å². The molecule has 0 nitrogen and oxygen atoms in total. The van der Waals surface area contributed by atoms with Crippen LogP contribution < -0.4 is 0 Å². The van der Waals surface area contributed by atoms with E-state index in [1.165, 1.54) is 57.8 Å². The molecule has 0 amide bonds. The van der Waals surface area contributed by atoms with Gasteiger partial charge in [0.2, 0.25) is 0 Å². The van der Waals surface area contributed by atoms with E-state index in [9.17, 15) is 0 Å². The van der Waals surface area contributed by atoms with Gasteiger partial charge in [-0.2, -0.15) is 0 Å². The van der Waals surface area contributed by atoms with Gasteiger partial charge < -0.3 is 0 Å². The van der Waals surface area contributed by atoms with Crippen molar-refractivity contribution >= 4 is 0 Å². The van der Waals surface area contributed by atoms with E-state index >= 15 is 0 Å². The maximum absolute atomic E-state index is 2.48. The summed E-state index contributed by atoms with van der Waals surface area (Å²) >= 11 is 0. The van der Waals surface area contributed by atoms with Crippen molar-refractivity contribution in [1.29, 1.82) is 0 Å². The third-order valence-electron chi connectivity index (χ3n) is 3.71. The van der Waals surface area contributed by atoms with E-state index < -0.39 is 0 Å². The van der Waals surface area contributed by atoms with Gasteiger partial charge in [-0.3, -0.25) is 0 Å². The topological polar surface area (TPSA) is 0 Å². The van der Waals surface area contributed by atoms with Crippen LogP contribution in [0, 0.1) is 11.8 Å². The molecule has 0 saturated heterocycles. The summed E-state index contributed by atoms with van der Waals surface area (Å²) in [4.78, 5) is 0. The van der Waals surface area contributed by atoms with Crippen LogP contribution in [0.15, 0.2) is 12.2 Å². The summed E-state index contributed by atoms with van der Waals surface area (Å²) in [6, 6.07) is 0. The third kappa shape index (κ3) is 2.86. The van der Waals surface area contributed by atoms with E-state index in [0.29, 0.717) is 0 Å². The Morgan fingerprint density at radius 2 is 1.77 bits per heavy atom. The summed E-state index contributed by atoms with van der Waals surface area (Å²) in [6.45, 7) is 0. The molecule has 1 saturated carbocycles. The van der Waals surface area contributed by atoms with E-state index in [1.807, 2.05) is 0 Å². The van der Waals surface area contributed by atoms with Crippen LogP contribution in [0.4, 0.5) is 0 Å². The number of rotatable bonds is 2. The molecule has 0 aromatic carbocycles. The fourth-order valence-corrected chi connectivity index (χ4v) is 2.93. The quantitative estimate of drug-likeness (QED) is 0.553. The van der Waals surface area contributed by atoms with Crippen molar-refractivity contribution in [3.8, 4) is 0 Å². The van der Waals surface area contributed by atoms with Gasteiger partial charge in [-0.1, -0.05) is 44.3 Å². The Morgan fingerprint density at radius 3 is 2.46 bits per heavy atom. The van der Waals surface area contributed by atoms with Gasteiger partial charge >= 0.3 is 0 Å². The Hall–Kier alpha value is -0.260. The molecule has 0 aliphatic heterocycles. The van der Waals surface area contributed by atoms with Gasteiger partial charge in [0.15, 0.2) is 0 Å². The molecule has 0 aromatic heterocycles. The first-order chi connectivity index (χ1) is 6.45. The Morgan fingerprint density at radius 1 is 0.923 bits per heavy atom. The van der Waals surface area contributed by atoms with Crippen molar-refractivity contribution in [2.75, 3.05) is 0 Å². The maximum Gasteiger partial charge on any atom is -0.0231 e. The zero-order chi connectivity index (χ0) is 8.93. The number of allylic oxidation sites excluding steroid dienone is 2. The number of hydrogen-bond acceptors (Lipinski definition) is 0. The van der Waals surface area contributed by atoms with Crippen LogP contribution in [-0.4, -0.2) is 0 Å². The van der Waals surface area contributed by atoms with Gasteiger partial charge in [0, 0.05) is 0 Å². The Bertz CT molecular complexity index is 163. The molecule has 0 heteroatoms. The summed E-state index contributed by atoms with van der Waals surface area (Å²) in [5.41, 5.74) is 0. The van der Waals surface area contributed by atoms with E-state index in [1.54, 1.807) is 0 Å². The van der Waals surface area contributed by atoms with Gasteiger partial charge in [-0.15, -0.1) is 0 Å². The van der Waals surface area contributed by atoms with Crippen molar-refractivity contribution in [1.82, 2.24) is 0 Å². The van der Waals surface area contributed by atoms with Crippen LogP contribution in [0.5, 0.6) is 0 Å². The molecule has 1 fully saturated rings. The zero-order valence-electron chi connectivity index (χ0n) is 8.67. The summed E-state index contributed by atoms with van der Waals surface area (Å²) < 4.78 is 0. The average molecular weight is 178 g/mol. The fourth-order valence-electron chi connectivity index (χ4n) is 2.93. The van der Waals surface area contributed by atoms with E-state index in [-0.39, 0.29) is 0 Å². The molecule has 0 bridgehead atoms. The van der Waals surface area contributed by atoms with E-state index in [4.69, 9.17) is 0 Å². The molecule has 0 N–H and O–H groups in total. The van der Waals surface area contributed by atoms with Crippen LogP contribution >= 0.6 is 0 Å². The summed E-state index contributed by atoms with van der Waals surface area (Å²) in [5.74, 6) is 2.01. The highest BCUT2D eigenvalue weighted by atomic mass is 14.2. The minimum absolute atomic E-state index is 0.942. The molecule has 0 heterocycles. The third-order valence-corrected chi connectivity index (χ3v) is 3.71. The highest BCUT2D eigenvalue weighted by molar-refractivity contribution is 4.93. The van der Waals surface area contributed by atoms with Crippen LogP contribution in [-0.2, 0) is 0 Å². The first kappa shape index (κ1) is 9.30. The highest BCUT2D eigenvalue weighted by Gasteiger charge is 2.18. The molecule has 0 radical (unpaired) electrons. The molecular weight excluding hydrogens is 156 g/mol. The van der Waals surface area contributed by atoms with Crippen molar-refractivity contribution in [3.63, 3.8) is 0 Å². The highest BCUT2D eigenvalue weighted by Crippen LogP contribution is 2.32. The lowest BCUT2D eigenvalue weighted by Gasteiger charge is -2.26. The van der Waals surface area contributed by atoms with E-state index in [0.717, 1.165) is 11.8 Å². The molecular formula is C13H22. The van der Waals surface area contributed by atoms with Gasteiger partial charge in [0.05, 0.1) is 0 Å². The van der Waals surface area contributed by atoms with Gasteiger partial charge in [0.25, 0.3) is 0 Å². The normalized spacial score (nSPS) is 30.6. The smallest absolute Gasteiger partial charge is 0.0231 e. The molecule has 1 atom stereocenters. The Balaban J connectivity index is 1.75. The first-order valence-corrected chi connectivity index (χ1v) is 6.12. The van der Waals surface area contributed by atoms with Crippen molar-refractivity contribution in [2.45, 2.75) is 57.8 Å². The largest absolute Gasteiger partial charge is 0.0883 e. The van der Waals surface area contributed by atoms with Crippen molar-refractivity contribution in [2.24, 2.45) is 11.8 Å². The minimum Gasteiger partial charge on any atom is -0.0883 e. The van der Waals surface area contributed by atoms with Crippen LogP contribution in [0.25, 0.3) is 0 Å². The van der Waals surface area contributed by atoms with Crippen LogP contribution in [0.3, 0.4) is 0 Å². The SMILES string of the molecule is C1=CC(CC2CCCCC2)CCC1. The molecule has 2 aliphatic rings. The summed E-state index contributed by atoms with van der Waals surface area (Å²) in [6.07, 6.45) is 18.2. The second-order valence-electron chi connectivity index (χ2n) is 4.86. The molecule has 2 aliphatic carbocycles. The molecule has 0 spiro atoms. The molecule has 2 rings (SSSR count). The predicted molar refractivity (Wildman–Crippen MR) is 57.7 cm³/mol. The Kier molecular flexibility index (Phi) is 3.46. The fraction of sp³-hybridized carbons (Fsp3) is 0.846. The van der Waals surface area contributed by atoms with Gasteiger partial charge in [-0.05, 0) is 37.5 Å². The molecule has 74 valence electrons. The molecule has 0 aromatic rings. The van der Waals surface area contributed by atoms with Crippen LogP contribution in [0.1, 0.15) is 57.8 Å². The summed E-state index contributed by atoms with van der Waals surface area (Å²) in [7, 11) is 0. The second-order valence-corrected chi connectivity index (χ2v) is 4.86. The first-order valence-electron chi connectivity index (χ1n) is 6.12. The molecule has 1 unspecified atom stereocenters. The average Bonchev–Trinajstić information content (AvgIpc) is 2.21. The summed E-state index contributed by atoms with van der Waals surface area (Å²) in [5, 5.41) is 0. The predicted octanol–water partition coefficient (Wildman–Crippen LogP) is 4.31. The van der Waals surface area contributed by atoms with Crippen molar-refractivity contribution < 1.29 is 0 Å².